The minimum absolute atomic E-state index is 0.479. The molecule has 0 amide bonds. The number of nitrogens with zero attached hydrogens (tertiary/aromatic N) is 1. The summed E-state index contributed by atoms with van der Waals surface area (Å²) in [6.07, 6.45) is 1.20. The number of hydrogen-bond donors (Lipinski definition) is 1. The molecular weight excluding hydrogens is 216 g/mol. The molecule has 3 heteroatoms. The molecule has 1 aromatic rings. The Balaban J connectivity index is 2.04. The van der Waals surface area contributed by atoms with Crippen molar-refractivity contribution in [3.8, 4) is 0 Å². The van der Waals surface area contributed by atoms with Gasteiger partial charge in [0, 0.05) is 11.4 Å². The van der Waals surface area contributed by atoms with E-state index in [9.17, 15) is 0 Å². The maximum Gasteiger partial charge on any atom is 0.161 e. The monoisotopic (exact) mass is 234 g/mol. The molecule has 1 aliphatic rings. The summed E-state index contributed by atoms with van der Waals surface area (Å²) in [5.41, 5.74) is 1.12. The Morgan fingerprint density at radius 2 is 2.06 bits per heavy atom. The summed E-state index contributed by atoms with van der Waals surface area (Å²) in [4.78, 5) is 4.75. The first-order valence-electron chi connectivity index (χ1n) is 5.78. The smallest absolute Gasteiger partial charge is 0.161 e. The van der Waals surface area contributed by atoms with E-state index < -0.39 is 0 Å². The van der Waals surface area contributed by atoms with Crippen molar-refractivity contribution in [2.45, 2.75) is 26.3 Å². The van der Waals surface area contributed by atoms with Gasteiger partial charge in [0.25, 0.3) is 0 Å². The predicted octanol–water partition coefficient (Wildman–Crippen LogP) is 3.62. The van der Waals surface area contributed by atoms with E-state index in [0.29, 0.717) is 12.0 Å². The van der Waals surface area contributed by atoms with E-state index in [2.05, 4.69) is 31.3 Å². The second-order valence-electron chi connectivity index (χ2n) is 4.37. The molecule has 1 unspecified atom stereocenters. The van der Waals surface area contributed by atoms with Crippen molar-refractivity contribution in [2.24, 2.45) is 10.9 Å². The molecule has 1 aliphatic heterocycles. The van der Waals surface area contributed by atoms with E-state index >= 15 is 0 Å². The van der Waals surface area contributed by atoms with E-state index in [1.165, 1.54) is 12.2 Å². The number of thioether (sulfide) groups is 1. The average Bonchev–Trinajstić information content (AvgIpc) is 2.30. The van der Waals surface area contributed by atoms with Gasteiger partial charge in [0.05, 0.1) is 6.04 Å². The zero-order valence-electron chi connectivity index (χ0n) is 9.81. The van der Waals surface area contributed by atoms with Crippen molar-refractivity contribution in [1.82, 2.24) is 0 Å². The van der Waals surface area contributed by atoms with Gasteiger partial charge in [-0.05, 0) is 24.5 Å². The third-order valence-corrected chi connectivity index (χ3v) is 3.65. The predicted molar refractivity (Wildman–Crippen MR) is 73.2 cm³/mol. The molecule has 0 saturated heterocycles. The summed E-state index contributed by atoms with van der Waals surface area (Å²) in [7, 11) is 0. The van der Waals surface area contributed by atoms with E-state index in [1.54, 1.807) is 0 Å². The maximum atomic E-state index is 4.75. The third-order valence-electron chi connectivity index (χ3n) is 2.73. The molecule has 1 heterocycles. The van der Waals surface area contributed by atoms with Crippen LogP contribution in [0.3, 0.4) is 0 Å². The van der Waals surface area contributed by atoms with Gasteiger partial charge in [0.1, 0.15) is 0 Å². The molecule has 0 spiro atoms. The summed E-state index contributed by atoms with van der Waals surface area (Å²) in [5.74, 6) is 1.80. The second kappa shape index (κ2) is 5.39. The van der Waals surface area contributed by atoms with Gasteiger partial charge in [-0.3, -0.25) is 4.99 Å². The number of aliphatic imine (C=N–C) groups is 1. The van der Waals surface area contributed by atoms with Gasteiger partial charge in [-0.25, -0.2) is 0 Å². The Hall–Kier alpha value is -0.960. The van der Waals surface area contributed by atoms with Crippen LogP contribution in [0.4, 0.5) is 5.69 Å². The first-order valence-corrected chi connectivity index (χ1v) is 6.77. The Kier molecular flexibility index (Phi) is 3.88. The lowest BCUT2D eigenvalue weighted by atomic mass is 10.0. The Morgan fingerprint density at radius 3 is 2.75 bits per heavy atom. The number of anilines is 1. The molecule has 16 heavy (non-hydrogen) atoms. The largest absolute Gasteiger partial charge is 0.335 e. The molecule has 1 atom stereocenters. The van der Waals surface area contributed by atoms with E-state index in [0.717, 1.165) is 10.9 Å². The summed E-state index contributed by atoms with van der Waals surface area (Å²) >= 11 is 1.82. The summed E-state index contributed by atoms with van der Waals surface area (Å²) in [6.45, 7) is 4.48. The van der Waals surface area contributed by atoms with E-state index in [4.69, 9.17) is 4.99 Å². The number of benzene rings is 1. The van der Waals surface area contributed by atoms with Crippen LogP contribution in [0.5, 0.6) is 0 Å². The van der Waals surface area contributed by atoms with Crippen molar-refractivity contribution >= 4 is 22.6 Å². The molecule has 0 bridgehead atoms. The molecule has 0 aromatic heterocycles. The highest BCUT2D eigenvalue weighted by Crippen LogP contribution is 2.23. The number of nitrogens with one attached hydrogen (secondary N) is 1. The number of rotatable bonds is 2. The lowest BCUT2D eigenvalue weighted by molar-refractivity contribution is 0.485. The topological polar surface area (TPSA) is 24.4 Å². The average molecular weight is 234 g/mol. The lowest BCUT2D eigenvalue weighted by Crippen LogP contribution is -2.23. The minimum atomic E-state index is 0.479. The van der Waals surface area contributed by atoms with Crippen LogP contribution in [0, 0.1) is 5.92 Å². The standard InChI is InChI=1S/C13H18N2S/c1-10(2)12-8-9-16-13(15-12)14-11-6-4-3-5-7-11/h3-7,10,12H,8-9H2,1-2H3,(H,14,15). The van der Waals surface area contributed by atoms with Crippen LogP contribution >= 0.6 is 11.8 Å². The molecule has 1 N–H and O–H groups in total. The number of para-hydroxylation sites is 1. The van der Waals surface area contributed by atoms with E-state index in [-0.39, 0.29) is 0 Å². The van der Waals surface area contributed by atoms with Crippen LogP contribution in [0.15, 0.2) is 35.3 Å². The summed E-state index contributed by atoms with van der Waals surface area (Å²) in [5, 5.41) is 4.44. The molecule has 0 saturated carbocycles. The Morgan fingerprint density at radius 1 is 1.31 bits per heavy atom. The molecule has 2 rings (SSSR count). The molecule has 0 fully saturated rings. The van der Waals surface area contributed by atoms with Crippen LogP contribution in [-0.4, -0.2) is 17.0 Å². The summed E-state index contributed by atoms with van der Waals surface area (Å²) < 4.78 is 0. The summed E-state index contributed by atoms with van der Waals surface area (Å²) in [6, 6.07) is 10.7. The molecule has 0 aliphatic carbocycles. The van der Waals surface area contributed by atoms with Crippen LogP contribution < -0.4 is 5.32 Å². The SMILES string of the molecule is CC(C)C1CCSC(Nc2ccccc2)=N1. The van der Waals surface area contributed by atoms with Gasteiger partial charge in [0.2, 0.25) is 0 Å². The fourth-order valence-corrected chi connectivity index (χ4v) is 2.68. The van der Waals surface area contributed by atoms with Gasteiger partial charge >= 0.3 is 0 Å². The normalized spacial score (nSPS) is 20.7. The Labute approximate surface area is 102 Å². The van der Waals surface area contributed by atoms with Crippen LogP contribution in [0.2, 0.25) is 0 Å². The number of amidine groups is 1. The molecule has 1 aromatic carbocycles. The first-order chi connectivity index (χ1) is 7.75. The second-order valence-corrected chi connectivity index (χ2v) is 5.46. The van der Waals surface area contributed by atoms with E-state index in [1.807, 2.05) is 30.0 Å². The van der Waals surface area contributed by atoms with Crippen molar-refractivity contribution in [3.05, 3.63) is 30.3 Å². The minimum Gasteiger partial charge on any atom is -0.335 e. The molecule has 2 nitrogen and oxygen atoms in total. The molecule has 86 valence electrons. The molecule has 0 radical (unpaired) electrons. The van der Waals surface area contributed by atoms with Gasteiger partial charge in [-0.1, -0.05) is 43.8 Å². The fourth-order valence-electron chi connectivity index (χ4n) is 1.72. The highest BCUT2D eigenvalue weighted by Gasteiger charge is 2.18. The van der Waals surface area contributed by atoms with Crippen LogP contribution in [0.25, 0.3) is 0 Å². The van der Waals surface area contributed by atoms with Crippen molar-refractivity contribution in [1.29, 1.82) is 0 Å². The van der Waals surface area contributed by atoms with Gasteiger partial charge in [-0.15, -0.1) is 0 Å². The lowest BCUT2D eigenvalue weighted by Gasteiger charge is -2.23. The van der Waals surface area contributed by atoms with Gasteiger partial charge in [-0.2, -0.15) is 0 Å². The van der Waals surface area contributed by atoms with Crippen LogP contribution in [0.1, 0.15) is 20.3 Å². The highest BCUT2D eigenvalue weighted by atomic mass is 32.2. The fraction of sp³-hybridized carbons (Fsp3) is 0.462. The van der Waals surface area contributed by atoms with Gasteiger partial charge in [0.15, 0.2) is 5.17 Å². The quantitative estimate of drug-likeness (QED) is 0.845. The third kappa shape index (κ3) is 3.01. The maximum absolute atomic E-state index is 4.75. The zero-order valence-corrected chi connectivity index (χ0v) is 10.6. The Bertz CT molecular complexity index is 359. The zero-order chi connectivity index (χ0) is 11.4. The van der Waals surface area contributed by atoms with Gasteiger partial charge < -0.3 is 5.32 Å². The first kappa shape index (κ1) is 11.5. The van der Waals surface area contributed by atoms with Crippen molar-refractivity contribution in [3.63, 3.8) is 0 Å². The van der Waals surface area contributed by atoms with Crippen molar-refractivity contribution < 1.29 is 0 Å². The number of hydrogen-bond acceptors (Lipinski definition) is 3. The van der Waals surface area contributed by atoms with Crippen LogP contribution in [-0.2, 0) is 0 Å². The molecular formula is C13H18N2S. The highest BCUT2D eigenvalue weighted by molar-refractivity contribution is 8.14. The van der Waals surface area contributed by atoms with Crippen molar-refractivity contribution in [2.75, 3.05) is 11.1 Å².